The van der Waals surface area contributed by atoms with E-state index in [0.717, 1.165) is 15.4 Å². The van der Waals surface area contributed by atoms with Crippen molar-refractivity contribution in [3.8, 4) is 16.3 Å². The van der Waals surface area contributed by atoms with E-state index in [4.69, 9.17) is 0 Å². The molecule has 3 nitrogen and oxygen atoms in total. The number of phenolic OH excluding ortho intramolecular Hbond substituents is 1. The molecule has 1 aromatic heterocycles. The Bertz CT molecular complexity index is 462. The van der Waals surface area contributed by atoms with E-state index in [1.165, 1.54) is 0 Å². The fraction of sp³-hybridized carbons (Fsp3) is 0.250. The topological polar surface area (TPSA) is 53.4 Å². The Morgan fingerprint density at radius 3 is 2.62 bits per heavy atom. The number of aromatic nitrogens is 1. The molecule has 1 unspecified atom stereocenters. The number of rotatable bonds is 3. The molecule has 0 amide bonds. The third kappa shape index (κ3) is 2.59. The van der Waals surface area contributed by atoms with Gasteiger partial charge in [0, 0.05) is 23.1 Å². The molecule has 16 heavy (non-hydrogen) atoms. The van der Waals surface area contributed by atoms with Gasteiger partial charge in [-0.25, -0.2) is 4.98 Å². The number of benzene rings is 1. The third-order valence-corrected chi connectivity index (χ3v) is 3.23. The molecule has 4 heteroatoms. The first-order valence-corrected chi connectivity index (χ1v) is 5.89. The number of aliphatic hydroxyl groups excluding tert-OH is 1. The van der Waals surface area contributed by atoms with Gasteiger partial charge in [0.2, 0.25) is 0 Å². The molecule has 0 saturated carbocycles. The molecule has 84 valence electrons. The summed E-state index contributed by atoms with van der Waals surface area (Å²) in [5, 5.41) is 19.4. The summed E-state index contributed by atoms with van der Waals surface area (Å²) in [6.07, 6.45) is 2.09. The zero-order chi connectivity index (χ0) is 11.5. The van der Waals surface area contributed by atoms with Crippen LogP contribution in [-0.4, -0.2) is 21.3 Å². The fourth-order valence-electron chi connectivity index (χ4n) is 1.43. The highest BCUT2D eigenvalue weighted by Crippen LogP contribution is 2.27. The minimum Gasteiger partial charge on any atom is -0.508 e. The molecule has 2 rings (SSSR count). The molecule has 1 aromatic carbocycles. The number of nitrogens with zero attached hydrogens (tertiary/aromatic N) is 1. The van der Waals surface area contributed by atoms with Gasteiger partial charge in [-0.3, -0.25) is 0 Å². The van der Waals surface area contributed by atoms with Gasteiger partial charge in [0.05, 0.1) is 6.10 Å². The number of phenols is 1. The van der Waals surface area contributed by atoms with Crippen LogP contribution >= 0.6 is 11.3 Å². The predicted molar refractivity (Wildman–Crippen MR) is 64.6 cm³/mol. The van der Waals surface area contributed by atoms with Gasteiger partial charge in [-0.05, 0) is 31.2 Å². The van der Waals surface area contributed by atoms with Crippen LogP contribution in [0, 0.1) is 0 Å². The molecule has 0 aliphatic heterocycles. The van der Waals surface area contributed by atoms with Gasteiger partial charge in [0.15, 0.2) is 0 Å². The fourth-order valence-corrected chi connectivity index (χ4v) is 2.47. The summed E-state index contributed by atoms with van der Waals surface area (Å²) in [4.78, 5) is 5.36. The van der Waals surface area contributed by atoms with Gasteiger partial charge in [-0.1, -0.05) is 0 Å². The van der Waals surface area contributed by atoms with E-state index in [1.54, 1.807) is 36.6 Å². The van der Waals surface area contributed by atoms with E-state index in [0.29, 0.717) is 6.42 Å². The van der Waals surface area contributed by atoms with Crippen LogP contribution in [0.3, 0.4) is 0 Å². The lowest BCUT2D eigenvalue weighted by Gasteiger charge is -1.98. The van der Waals surface area contributed by atoms with Gasteiger partial charge in [-0.15, -0.1) is 11.3 Å². The minimum atomic E-state index is -0.340. The largest absolute Gasteiger partial charge is 0.508 e. The first-order chi connectivity index (χ1) is 7.65. The second-order valence-corrected chi connectivity index (χ2v) is 4.85. The maximum absolute atomic E-state index is 9.27. The van der Waals surface area contributed by atoms with Crippen molar-refractivity contribution in [1.29, 1.82) is 0 Å². The molecule has 0 bridgehead atoms. The summed E-state index contributed by atoms with van der Waals surface area (Å²) in [5.41, 5.74) is 0.986. The van der Waals surface area contributed by atoms with E-state index in [9.17, 15) is 10.2 Å². The Kier molecular flexibility index (Phi) is 3.22. The highest BCUT2D eigenvalue weighted by Gasteiger charge is 2.06. The number of aliphatic hydroxyl groups is 1. The van der Waals surface area contributed by atoms with Crippen molar-refractivity contribution in [2.75, 3.05) is 0 Å². The first-order valence-electron chi connectivity index (χ1n) is 5.07. The van der Waals surface area contributed by atoms with Crippen LogP contribution in [0.15, 0.2) is 30.5 Å². The van der Waals surface area contributed by atoms with Gasteiger partial charge in [0.25, 0.3) is 0 Å². The molecule has 1 atom stereocenters. The normalized spacial score (nSPS) is 12.6. The van der Waals surface area contributed by atoms with E-state index in [1.807, 2.05) is 12.1 Å². The zero-order valence-electron chi connectivity index (χ0n) is 8.92. The van der Waals surface area contributed by atoms with E-state index >= 15 is 0 Å². The van der Waals surface area contributed by atoms with Crippen molar-refractivity contribution in [1.82, 2.24) is 4.98 Å². The molecular weight excluding hydrogens is 222 g/mol. The second kappa shape index (κ2) is 4.63. The average molecular weight is 235 g/mol. The van der Waals surface area contributed by atoms with Crippen LogP contribution < -0.4 is 0 Å². The van der Waals surface area contributed by atoms with Crippen molar-refractivity contribution in [2.45, 2.75) is 19.4 Å². The summed E-state index contributed by atoms with van der Waals surface area (Å²) < 4.78 is 0. The van der Waals surface area contributed by atoms with Crippen LogP contribution in [-0.2, 0) is 6.42 Å². The summed E-state index contributed by atoms with van der Waals surface area (Å²) in [6, 6.07) is 6.96. The molecule has 0 saturated heterocycles. The summed E-state index contributed by atoms with van der Waals surface area (Å²) >= 11 is 1.57. The van der Waals surface area contributed by atoms with Crippen molar-refractivity contribution in [2.24, 2.45) is 0 Å². The minimum absolute atomic E-state index is 0.254. The van der Waals surface area contributed by atoms with E-state index in [-0.39, 0.29) is 11.9 Å². The monoisotopic (exact) mass is 235 g/mol. The van der Waals surface area contributed by atoms with Gasteiger partial charge >= 0.3 is 0 Å². The van der Waals surface area contributed by atoms with Crippen LogP contribution in [0.5, 0.6) is 5.75 Å². The van der Waals surface area contributed by atoms with Crippen molar-refractivity contribution in [3.63, 3.8) is 0 Å². The molecule has 0 spiro atoms. The average Bonchev–Trinajstić information content (AvgIpc) is 2.66. The predicted octanol–water partition coefficient (Wildman–Crippen LogP) is 2.44. The SMILES string of the molecule is CC(O)Cc1cnc(-c2ccc(O)cc2)s1. The summed E-state index contributed by atoms with van der Waals surface area (Å²) in [5.74, 6) is 0.254. The Morgan fingerprint density at radius 2 is 2.00 bits per heavy atom. The Hall–Kier alpha value is -1.39. The molecule has 0 fully saturated rings. The smallest absolute Gasteiger partial charge is 0.123 e. The zero-order valence-corrected chi connectivity index (χ0v) is 9.74. The number of hydrogen-bond donors (Lipinski definition) is 2. The molecule has 0 radical (unpaired) electrons. The Labute approximate surface area is 98.0 Å². The summed E-state index contributed by atoms with van der Waals surface area (Å²) in [7, 11) is 0. The highest BCUT2D eigenvalue weighted by molar-refractivity contribution is 7.15. The van der Waals surface area contributed by atoms with E-state index < -0.39 is 0 Å². The Balaban J connectivity index is 2.21. The maximum atomic E-state index is 9.27. The maximum Gasteiger partial charge on any atom is 0.123 e. The Morgan fingerprint density at radius 1 is 1.31 bits per heavy atom. The molecule has 2 N–H and O–H groups in total. The standard InChI is InChI=1S/C12H13NO2S/c1-8(14)6-11-7-13-12(16-11)9-2-4-10(15)5-3-9/h2-5,7-8,14-15H,6H2,1H3. The lowest BCUT2D eigenvalue weighted by atomic mass is 10.2. The van der Waals surface area contributed by atoms with Crippen molar-refractivity contribution in [3.05, 3.63) is 35.3 Å². The van der Waals surface area contributed by atoms with Gasteiger partial charge in [-0.2, -0.15) is 0 Å². The van der Waals surface area contributed by atoms with Crippen LogP contribution in [0.25, 0.3) is 10.6 Å². The van der Waals surface area contributed by atoms with Crippen LogP contribution in [0.4, 0.5) is 0 Å². The highest BCUT2D eigenvalue weighted by atomic mass is 32.1. The molecular formula is C12H13NO2S. The number of aromatic hydroxyl groups is 1. The quantitative estimate of drug-likeness (QED) is 0.859. The van der Waals surface area contributed by atoms with Gasteiger partial charge in [0.1, 0.15) is 10.8 Å². The van der Waals surface area contributed by atoms with Crippen molar-refractivity contribution >= 4 is 11.3 Å². The summed E-state index contributed by atoms with van der Waals surface area (Å²) in [6.45, 7) is 1.76. The number of thiazole rings is 1. The lowest BCUT2D eigenvalue weighted by Crippen LogP contribution is -2.01. The molecule has 0 aliphatic rings. The third-order valence-electron chi connectivity index (χ3n) is 2.16. The molecule has 1 heterocycles. The lowest BCUT2D eigenvalue weighted by molar-refractivity contribution is 0.196. The van der Waals surface area contributed by atoms with Crippen LogP contribution in [0.1, 0.15) is 11.8 Å². The first kappa shape index (κ1) is 11.1. The second-order valence-electron chi connectivity index (χ2n) is 3.73. The van der Waals surface area contributed by atoms with Crippen LogP contribution in [0.2, 0.25) is 0 Å². The number of hydrogen-bond acceptors (Lipinski definition) is 4. The molecule has 0 aliphatic carbocycles. The van der Waals surface area contributed by atoms with E-state index in [2.05, 4.69) is 4.98 Å². The van der Waals surface area contributed by atoms with Gasteiger partial charge < -0.3 is 10.2 Å². The van der Waals surface area contributed by atoms with Crippen molar-refractivity contribution < 1.29 is 10.2 Å². The molecule has 2 aromatic rings.